The lowest BCUT2D eigenvalue weighted by atomic mass is 10.1. The molecule has 7 nitrogen and oxygen atoms in total. The number of carbonyl (C=O) groups excluding carboxylic acids is 1. The number of rotatable bonds is 5. The van der Waals surface area contributed by atoms with E-state index in [4.69, 9.17) is 16.3 Å². The van der Waals surface area contributed by atoms with E-state index in [0.29, 0.717) is 30.4 Å². The highest BCUT2D eigenvalue weighted by atomic mass is 35.5. The lowest BCUT2D eigenvalue weighted by molar-refractivity contribution is 0.127. The fourth-order valence-electron chi connectivity index (χ4n) is 2.78. The van der Waals surface area contributed by atoms with Crippen LogP contribution in [-0.2, 0) is 6.61 Å². The van der Waals surface area contributed by atoms with Gasteiger partial charge in [-0.2, -0.15) is 0 Å². The van der Waals surface area contributed by atoms with Gasteiger partial charge in [0.05, 0.1) is 22.9 Å². The summed E-state index contributed by atoms with van der Waals surface area (Å²) in [5, 5.41) is 11.6. The molecule has 0 unspecified atom stereocenters. The van der Waals surface area contributed by atoms with Crippen molar-refractivity contribution in [3.63, 3.8) is 0 Å². The third-order valence-corrected chi connectivity index (χ3v) is 4.66. The van der Waals surface area contributed by atoms with Gasteiger partial charge in [-0.1, -0.05) is 47.1 Å². The Morgan fingerprint density at radius 2 is 1.89 bits per heavy atom. The second-order valence-corrected chi connectivity index (χ2v) is 6.67. The number of hydrogen-bond acceptors (Lipinski definition) is 4. The van der Waals surface area contributed by atoms with Crippen molar-refractivity contribution in [1.29, 1.82) is 0 Å². The molecule has 138 valence electrons. The third kappa shape index (κ3) is 4.03. The predicted molar refractivity (Wildman–Crippen MR) is 102 cm³/mol. The molecule has 1 aliphatic heterocycles. The zero-order valence-electron chi connectivity index (χ0n) is 14.5. The van der Waals surface area contributed by atoms with Crippen LogP contribution in [-0.4, -0.2) is 39.0 Å². The van der Waals surface area contributed by atoms with E-state index in [9.17, 15) is 4.79 Å². The first-order valence-corrected chi connectivity index (χ1v) is 8.96. The molecular formula is C19H18ClN5O2. The van der Waals surface area contributed by atoms with Crippen molar-refractivity contribution >= 4 is 23.3 Å². The lowest BCUT2D eigenvalue weighted by Crippen LogP contribution is -2.52. The molecule has 1 fully saturated rings. The van der Waals surface area contributed by atoms with Crippen LogP contribution in [0, 0.1) is 0 Å². The Morgan fingerprint density at radius 3 is 2.67 bits per heavy atom. The Labute approximate surface area is 161 Å². The minimum Gasteiger partial charge on any atom is -0.487 e. The van der Waals surface area contributed by atoms with E-state index in [2.05, 4.69) is 15.6 Å². The summed E-state index contributed by atoms with van der Waals surface area (Å²) >= 11 is 6.07. The maximum absolute atomic E-state index is 12.3. The van der Waals surface area contributed by atoms with E-state index >= 15 is 0 Å². The van der Waals surface area contributed by atoms with Crippen LogP contribution in [0.15, 0.2) is 60.8 Å². The minimum atomic E-state index is -0.174. The van der Waals surface area contributed by atoms with Crippen LogP contribution in [0.25, 0.3) is 0 Å². The van der Waals surface area contributed by atoms with Crippen molar-refractivity contribution in [1.82, 2.24) is 19.9 Å². The standard InChI is InChI=1S/C19H18ClN5O2/c20-17-8-4-5-9-18(17)21-19(26)24-11-15(12-24)25-10-14(22-23-25)13-27-16-6-2-1-3-7-16/h1-10,15H,11-13H2,(H,21,26). The van der Waals surface area contributed by atoms with E-state index in [-0.39, 0.29) is 12.1 Å². The average Bonchev–Trinajstić information content (AvgIpc) is 3.10. The molecule has 1 aromatic heterocycles. The number of likely N-dealkylation sites (tertiary alicyclic amines) is 1. The van der Waals surface area contributed by atoms with Crippen molar-refractivity contribution in [3.05, 3.63) is 71.5 Å². The summed E-state index contributed by atoms with van der Waals surface area (Å²) in [5.74, 6) is 0.790. The van der Waals surface area contributed by atoms with Gasteiger partial charge in [0.15, 0.2) is 0 Å². The van der Waals surface area contributed by atoms with Gasteiger partial charge >= 0.3 is 6.03 Å². The minimum absolute atomic E-state index is 0.111. The second-order valence-electron chi connectivity index (χ2n) is 6.26. The number of anilines is 1. The van der Waals surface area contributed by atoms with E-state index < -0.39 is 0 Å². The van der Waals surface area contributed by atoms with Gasteiger partial charge < -0.3 is 15.0 Å². The average molecular weight is 384 g/mol. The summed E-state index contributed by atoms with van der Waals surface area (Å²) in [6, 6.07) is 16.7. The molecule has 2 aromatic carbocycles. The molecule has 2 amide bonds. The van der Waals surface area contributed by atoms with Gasteiger partial charge in [-0.3, -0.25) is 0 Å². The van der Waals surface area contributed by atoms with Crippen molar-refractivity contribution in [2.75, 3.05) is 18.4 Å². The largest absolute Gasteiger partial charge is 0.487 e. The quantitative estimate of drug-likeness (QED) is 0.730. The summed E-state index contributed by atoms with van der Waals surface area (Å²) < 4.78 is 7.45. The van der Waals surface area contributed by atoms with E-state index in [1.54, 1.807) is 21.7 Å². The molecule has 0 spiro atoms. The van der Waals surface area contributed by atoms with Crippen LogP contribution in [0.2, 0.25) is 5.02 Å². The molecule has 0 atom stereocenters. The smallest absolute Gasteiger partial charge is 0.322 e. The molecular weight excluding hydrogens is 366 g/mol. The van der Waals surface area contributed by atoms with Crippen molar-refractivity contribution in [2.24, 2.45) is 0 Å². The van der Waals surface area contributed by atoms with Gasteiger partial charge in [-0.15, -0.1) is 5.10 Å². The number of urea groups is 1. The van der Waals surface area contributed by atoms with Gasteiger partial charge in [0.25, 0.3) is 0 Å². The van der Waals surface area contributed by atoms with Crippen LogP contribution in [0.5, 0.6) is 5.75 Å². The van der Waals surface area contributed by atoms with Crippen LogP contribution in [0.4, 0.5) is 10.5 Å². The topological polar surface area (TPSA) is 72.3 Å². The number of nitrogens with one attached hydrogen (secondary N) is 1. The molecule has 0 saturated carbocycles. The molecule has 27 heavy (non-hydrogen) atoms. The van der Waals surface area contributed by atoms with Crippen LogP contribution >= 0.6 is 11.6 Å². The van der Waals surface area contributed by atoms with Gasteiger partial charge in [-0.05, 0) is 24.3 Å². The van der Waals surface area contributed by atoms with Crippen LogP contribution < -0.4 is 10.1 Å². The first-order valence-electron chi connectivity index (χ1n) is 8.58. The summed E-state index contributed by atoms with van der Waals surface area (Å²) in [6.45, 7) is 1.49. The summed E-state index contributed by atoms with van der Waals surface area (Å²) in [5.41, 5.74) is 1.35. The number of amides is 2. The maximum atomic E-state index is 12.3. The van der Waals surface area contributed by atoms with Crippen molar-refractivity contribution in [3.8, 4) is 5.75 Å². The molecule has 8 heteroatoms. The van der Waals surface area contributed by atoms with Crippen LogP contribution in [0.3, 0.4) is 0 Å². The Morgan fingerprint density at radius 1 is 1.15 bits per heavy atom. The zero-order valence-corrected chi connectivity index (χ0v) is 15.2. The number of halogens is 1. The number of carbonyl (C=O) groups is 1. The fourth-order valence-corrected chi connectivity index (χ4v) is 2.96. The van der Waals surface area contributed by atoms with Crippen LogP contribution in [0.1, 0.15) is 11.7 Å². The Hall–Kier alpha value is -3.06. The molecule has 4 rings (SSSR count). The third-order valence-electron chi connectivity index (χ3n) is 4.33. The molecule has 1 N–H and O–H groups in total. The maximum Gasteiger partial charge on any atom is 0.322 e. The van der Waals surface area contributed by atoms with Gasteiger partial charge in [0.1, 0.15) is 18.1 Å². The number of hydrogen-bond donors (Lipinski definition) is 1. The molecule has 0 bridgehead atoms. The molecule has 3 aromatic rings. The number of nitrogens with zero attached hydrogens (tertiary/aromatic N) is 4. The lowest BCUT2D eigenvalue weighted by Gasteiger charge is -2.38. The van der Waals surface area contributed by atoms with E-state index in [0.717, 1.165) is 11.4 Å². The summed E-state index contributed by atoms with van der Waals surface area (Å²) in [6.07, 6.45) is 1.86. The molecule has 1 saturated heterocycles. The zero-order chi connectivity index (χ0) is 18.6. The highest BCUT2D eigenvalue weighted by Gasteiger charge is 2.33. The molecule has 0 aliphatic carbocycles. The normalized spacial score (nSPS) is 13.9. The number of benzene rings is 2. The summed E-state index contributed by atoms with van der Waals surface area (Å²) in [7, 11) is 0. The van der Waals surface area contributed by atoms with Gasteiger partial charge in [0.2, 0.25) is 0 Å². The highest BCUT2D eigenvalue weighted by molar-refractivity contribution is 6.33. The molecule has 2 heterocycles. The first kappa shape index (κ1) is 17.4. The van der Waals surface area contributed by atoms with E-state index in [1.807, 2.05) is 48.7 Å². The molecule has 1 aliphatic rings. The predicted octanol–water partition coefficient (Wildman–Crippen LogP) is 3.60. The first-order chi connectivity index (χ1) is 13.2. The second kappa shape index (κ2) is 7.67. The monoisotopic (exact) mass is 383 g/mol. The van der Waals surface area contributed by atoms with Gasteiger partial charge in [0, 0.05) is 13.1 Å². The SMILES string of the molecule is O=C(Nc1ccccc1Cl)N1CC(n2cc(COc3ccccc3)nn2)C1. The number of para-hydroxylation sites is 2. The van der Waals surface area contributed by atoms with Crippen molar-refractivity contribution < 1.29 is 9.53 Å². The fraction of sp³-hybridized carbons (Fsp3) is 0.211. The Balaban J connectivity index is 1.28. The van der Waals surface area contributed by atoms with Gasteiger partial charge in [-0.25, -0.2) is 9.48 Å². The highest BCUT2D eigenvalue weighted by Crippen LogP contribution is 2.24. The molecule has 0 radical (unpaired) electrons. The summed E-state index contributed by atoms with van der Waals surface area (Å²) in [4.78, 5) is 14.0. The Kier molecular flexibility index (Phi) is 4.93. The van der Waals surface area contributed by atoms with Crippen molar-refractivity contribution in [2.45, 2.75) is 12.6 Å². The Bertz CT molecular complexity index is 925. The number of aromatic nitrogens is 3. The number of ether oxygens (including phenoxy) is 1. The van der Waals surface area contributed by atoms with E-state index in [1.165, 1.54) is 0 Å².